The molecule has 278 valence electrons. The zero-order chi connectivity index (χ0) is 38.0. The average Bonchev–Trinajstić information content (AvgIpc) is 2.98. The van der Waals surface area contributed by atoms with Crippen LogP contribution in [0.5, 0.6) is 0 Å². The zero-order valence-electron chi connectivity index (χ0n) is 26.3. The number of hydrogen-bond acceptors (Lipinski definition) is 13. The summed E-state index contributed by atoms with van der Waals surface area (Å²) in [6, 6.07) is 6.86. The predicted octanol–water partition coefficient (Wildman–Crippen LogP) is -0.309. The summed E-state index contributed by atoms with van der Waals surface area (Å²) in [6.45, 7) is -2.23. The van der Waals surface area contributed by atoms with Crippen molar-refractivity contribution in [3.8, 4) is 0 Å². The molecule has 0 aliphatic carbocycles. The minimum atomic E-state index is -4.81. The molecule has 0 radical (unpaired) electrons. The molecule has 0 aliphatic rings. The molecule has 0 spiro atoms. The summed E-state index contributed by atoms with van der Waals surface area (Å²) < 4.78 is 181. The molecule has 4 aromatic carbocycles. The van der Waals surface area contributed by atoms with Gasteiger partial charge in [0.25, 0.3) is 30.4 Å². The van der Waals surface area contributed by atoms with Crippen molar-refractivity contribution in [2.45, 2.75) is 14.7 Å². The van der Waals surface area contributed by atoms with Crippen molar-refractivity contribution in [2.75, 3.05) is 63.8 Å². The highest BCUT2D eigenvalue weighted by Crippen LogP contribution is 2.45. The molecule has 0 saturated heterocycles. The number of benzene rings is 4. The molecule has 5 N–H and O–H groups in total. The van der Waals surface area contributed by atoms with Crippen LogP contribution in [0.3, 0.4) is 0 Å². The lowest BCUT2D eigenvalue weighted by molar-refractivity contribution is 0.456. The van der Waals surface area contributed by atoms with Crippen molar-refractivity contribution in [1.29, 1.82) is 0 Å². The van der Waals surface area contributed by atoms with Crippen LogP contribution < -0.4 is 5.73 Å². The Morgan fingerprint density at radius 3 is 1.04 bits per heavy atom. The Morgan fingerprint density at radius 1 is 0.480 bits per heavy atom. The van der Waals surface area contributed by atoms with Crippen molar-refractivity contribution in [3.63, 3.8) is 0 Å². The van der Waals surface area contributed by atoms with Crippen LogP contribution in [0.1, 0.15) is 0 Å². The standard InChI is InChI=1S/C25H32N4O15S6/c1-27(8-11-45(30,31)32)48(39,40)21-14-20(26)16-4-5-18-22(49(41,42)28(2)9-12-46(33,34)35)15-23(19-7-6-17(21)24(16)25(18)19)50(43,44)29(3)10-13-47(36,37)38/h4-7,14-15H,8-13,26H2,1-3H3,(H,30,31,32)(H,33,34,35)(H,36,37,38). The highest BCUT2D eigenvalue weighted by Gasteiger charge is 2.34. The minimum absolute atomic E-state index is 0.0311. The second-order valence-corrected chi connectivity index (χ2v) is 22.0. The van der Waals surface area contributed by atoms with Crippen LogP contribution in [0.2, 0.25) is 0 Å². The third-order valence-corrected chi connectivity index (χ3v) is 15.7. The molecular formula is C25H32N4O15S6. The molecule has 0 aliphatic heterocycles. The first-order chi connectivity index (χ1) is 22.6. The zero-order valence-corrected chi connectivity index (χ0v) is 31.2. The van der Waals surface area contributed by atoms with Crippen LogP contribution in [0, 0.1) is 0 Å². The first kappa shape index (κ1) is 40.0. The quantitative estimate of drug-likeness (QED) is 0.0679. The molecule has 0 atom stereocenters. The second-order valence-electron chi connectivity index (χ2n) is 11.2. The van der Waals surface area contributed by atoms with E-state index >= 15 is 0 Å². The fourth-order valence-electron chi connectivity index (χ4n) is 5.16. The van der Waals surface area contributed by atoms with Gasteiger partial charge in [0.05, 0.1) is 31.9 Å². The van der Waals surface area contributed by atoms with E-state index in [9.17, 15) is 59.6 Å². The van der Waals surface area contributed by atoms with Gasteiger partial charge in [0.2, 0.25) is 30.1 Å². The Balaban J connectivity index is 2.14. The van der Waals surface area contributed by atoms with E-state index in [2.05, 4.69) is 0 Å². The smallest absolute Gasteiger partial charge is 0.266 e. The minimum Gasteiger partial charge on any atom is -0.398 e. The maximum atomic E-state index is 14.0. The number of sulfonamides is 3. The molecule has 0 aromatic heterocycles. The summed E-state index contributed by atoms with van der Waals surface area (Å²) in [5.41, 5.74) is 6.11. The van der Waals surface area contributed by atoms with Gasteiger partial charge in [-0.15, -0.1) is 0 Å². The lowest BCUT2D eigenvalue weighted by Gasteiger charge is -2.24. The molecule has 0 bridgehead atoms. The molecule has 0 amide bonds. The molecule has 19 nitrogen and oxygen atoms in total. The second kappa shape index (κ2) is 13.3. The van der Waals surface area contributed by atoms with Crippen LogP contribution in [0.4, 0.5) is 5.69 Å². The summed E-state index contributed by atoms with van der Waals surface area (Å²) in [4.78, 5) is -1.88. The summed E-state index contributed by atoms with van der Waals surface area (Å²) in [5, 5.41) is -0.430. The molecule has 0 unspecified atom stereocenters. The van der Waals surface area contributed by atoms with Gasteiger partial charge in [0.15, 0.2) is 0 Å². The van der Waals surface area contributed by atoms with Crippen molar-refractivity contribution in [1.82, 2.24) is 12.9 Å². The molecule has 0 fully saturated rings. The first-order valence-corrected chi connectivity index (χ1v) is 23.0. The third-order valence-electron chi connectivity index (χ3n) is 7.87. The third kappa shape index (κ3) is 7.97. The fraction of sp³-hybridized carbons (Fsp3) is 0.360. The number of nitrogens with two attached hydrogens (primary N) is 1. The fourth-order valence-corrected chi connectivity index (χ4v) is 11.3. The predicted molar refractivity (Wildman–Crippen MR) is 183 cm³/mol. The molecule has 25 heteroatoms. The number of nitrogens with zero attached hydrogens (tertiary/aromatic N) is 3. The van der Waals surface area contributed by atoms with E-state index in [1.807, 2.05) is 0 Å². The van der Waals surface area contributed by atoms with Gasteiger partial charge >= 0.3 is 0 Å². The maximum Gasteiger partial charge on any atom is 0.266 e. The highest BCUT2D eigenvalue weighted by atomic mass is 32.2. The van der Waals surface area contributed by atoms with Gasteiger partial charge in [-0.1, -0.05) is 24.3 Å². The van der Waals surface area contributed by atoms with Gasteiger partial charge in [0, 0.05) is 78.8 Å². The van der Waals surface area contributed by atoms with Crippen LogP contribution in [0.15, 0.2) is 51.1 Å². The van der Waals surface area contributed by atoms with E-state index in [0.29, 0.717) is 12.9 Å². The lowest BCUT2D eigenvalue weighted by atomic mass is 9.93. The topological polar surface area (TPSA) is 301 Å². The number of nitrogen functional groups attached to an aromatic ring is 1. The van der Waals surface area contributed by atoms with Crippen molar-refractivity contribution in [3.05, 3.63) is 36.4 Å². The summed E-state index contributed by atoms with van der Waals surface area (Å²) in [5.74, 6) is -3.01. The van der Waals surface area contributed by atoms with Crippen LogP contribution >= 0.6 is 0 Å². The number of rotatable bonds is 15. The number of anilines is 1. The van der Waals surface area contributed by atoms with E-state index in [-0.39, 0.29) is 38.0 Å². The normalized spacial score (nSPS) is 14.3. The highest BCUT2D eigenvalue weighted by molar-refractivity contribution is 7.90. The molecule has 50 heavy (non-hydrogen) atoms. The van der Waals surface area contributed by atoms with Crippen molar-refractivity contribution < 1.29 is 64.2 Å². The van der Waals surface area contributed by atoms with Crippen LogP contribution in [-0.4, -0.2) is 135 Å². The summed E-state index contributed by atoms with van der Waals surface area (Å²) >= 11 is 0. The van der Waals surface area contributed by atoms with E-state index in [1.165, 1.54) is 24.3 Å². The van der Waals surface area contributed by atoms with E-state index in [1.54, 1.807) is 0 Å². The van der Waals surface area contributed by atoms with Gasteiger partial charge in [0.1, 0.15) is 0 Å². The molecule has 0 heterocycles. The Labute approximate surface area is 289 Å². The molecule has 0 saturated carbocycles. The Bertz CT molecular complexity index is 2590. The largest absolute Gasteiger partial charge is 0.398 e. The monoisotopic (exact) mass is 820 g/mol. The number of hydrogen-bond donors (Lipinski definition) is 4. The van der Waals surface area contributed by atoms with Gasteiger partial charge < -0.3 is 5.73 Å². The van der Waals surface area contributed by atoms with Gasteiger partial charge in [-0.05, 0) is 12.1 Å². The van der Waals surface area contributed by atoms with Crippen LogP contribution in [-0.2, 0) is 60.4 Å². The Morgan fingerprint density at radius 2 is 0.740 bits per heavy atom. The molecule has 4 rings (SSSR count). The van der Waals surface area contributed by atoms with Crippen molar-refractivity contribution in [2.24, 2.45) is 0 Å². The summed E-state index contributed by atoms with van der Waals surface area (Å²) in [6.07, 6.45) is 0. The SMILES string of the molecule is CN(CCS(=O)(=O)O)S(=O)(=O)c1cc(N)c2ccc3c(S(=O)(=O)N(C)CCS(=O)(=O)O)cc(S(=O)(=O)N(C)CCS(=O)(=O)O)c4ccc1c2c34. The van der Waals surface area contributed by atoms with E-state index in [0.717, 1.165) is 33.3 Å². The lowest BCUT2D eigenvalue weighted by Crippen LogP contribution is -2.33. The van der Waals surface area contributed by atoms with E-state index < -0.39 is 112 Å². The molecular weight excluding hydrogens is 789 g/mol. The maximum absolute atomic E-state index is 14.0. The van der Waals surface area contributed by atoms with Gasteiger partial charge in [-0.3, -0.25) is 13.7 Å². The van der Waals surface area contributed by atoms with Gasteiger partial charge in [-0.25, -0.2) is 25.3 Å². The van der Waals surface area contributed by atoms with Gasteiger partial charge in [-0.2, -0.15) is 38.2 Å². The first-order valence-electron chi connectivity index (χ1n) is 13.9. The van der Waals surface area contributed by atoms with Crippen molar-refractivity contribution >= 4 is 98.4 Å². The average molecular weight is 821 g/mol. The Hall–Kier alpha value is -2.82. The van der Waals surface area contributed by atoms with Crippen LogP contribution in [0.25, 0.3) is 32.3 Å². The Kier molecular flexibility index (Phi) is 10.6. The van der Waals surface area contributed by atoms with E-state index in [4.69, 9.17) is 10.3 Å². The molecule has 4 aromatic rings. The summed E-state index contributed by atoms with van der Waals surface area (Å²) in [7, 11) is -25.1.